The van der Waals surface area contributed by atoms with Gasteiger partial charge in [-0.05, 0) is 12.0 Å². The molecule has 0 unspecified atom stereocenters. The zero-order valence-corrected chi connectivity index (χ0v) is 13.0. The Morgan fingerprint density at radius 2 is 1.77 bits per heavy atom. The van der Waals surface area contributed by atoms with Gasteiger partial charge in [-0.15, -0.1) is 0 Å². The minimum absolute atomic E-state index is 0.0603. The highest BCUT2D eigenvalue weighted by molar-refractivity contribution is 7.98. The first-order valence-corrected chi connectivity index (χ1v) is 7.89. The minimum atomic E-state index is 0.0603. The Labute approximate surface area is 134 Å². The summed E-state index contributed by atoms with van der Waals surface area (Å²) in [6.07, 6.45) is 0.937. The number of nitrogens with one attached hydrogen (secondary N) is 1. The van der Waals surface area contributed by atoms with E-state index in [1.54, 1.807) is 0 Å². The summed E-state index contributed by atoms with van der Waals surface area (Å²) >= 11 is 1.50. The molecule has 2 aromatic rings. The first-order chi connectivity index (χ1) is 10.8. The fraction of sp³-hybridized carbons (Fsp3) is 0.250. The maximum atomic E-state index is 9.09. The zero-order chi connectivity index (χ0) is 15.8. The van der Waals surface area contributed by atoms with Crippen molar-refractivity contribution in [1.82, 2.24) is 9.97 Å². The molecule has 110 valence electrons. The highest BCUT2D eigenvalue weighted by Gasteiger charge is 2.13. The molecular weight excluding hydrogens is 294 g/mol. The van der Waals surface area contributed by atoms with Gasteiger partial charge in [0.1, 0.15) is 17.2 Å². The lowest BCUT2D eigenvalue weighted by atomic mass is 10.2. The first kappa shape index (κ1) is 15.8. The van der Waals surface area contributed by atoms with Gasteiger partial charge in [-0.1, -0.05) is 49.0 Å². The van der Waals surface area contributed by atoms with Gasteiger partial charge >= 0.3 is 0 Å². The Balaban J connectivity index is 2.27. The molecule has 0 aliphatic rings. The molecule has 5 nitrogen and oxygen atoms in total. The Morgan fingerprint density at radius 3 is 2.41 bits per heavy atom. The highest BCUT2D eigenvalue weighted by Crippen LogP contribution is 2.27. The number of rotatable bonds is 6. The monoisotopic (exact) mass is 309 g/mol. The standard InChI is InChI=1S/C16H15N5S/c1-2-8-19-15-16(21-14(10-18)13(9-17)20-15)22-11-12-6-4-3-5-7-12/h3-7H,2,8,11H2,1H3,(H,19,20). The number of hydrogen-bond donors (Lipinski definition) is 1. The van der Waals surface area contributed by atoms with Gasteiger partial charge in [0.05, 0.1) is 0 Å². The second-order valence-corrected chi connectivity index (χ2v) is 5.46. The van der Waals surface area contributed by atoms with Crippen molar-refractivity contribution in [3.63, 3.8) is 0 Å². The predicted molar refractivity (Wildman–Crippen MR) is 86.2 cm³/mol. The third kappa shape index (κ3) is 3.97. The molecule has 1 aromatic carbocycles. The van der Waals surface area contributed by atoms with E-state index in [1.807, 2.05) is 49.4 Å². The number of nitrogens with zero attached hydrogens (tertiary/aromatic N) is 4. The van der Waals surface area contributed by atoms with E-state index >= 15 is 0 Å². The molecule has 6 heteroatoms. The van der Waals surface area contributed by atoms with Crippen molar-refractivity contribution >= 4 is 17.6 Å². The molecule has 0 aliphatic carbocycles. The first-order valence-electron chi connectivity index (χ1n) is 6.91. The summed E-state index contributed by atoms with van der Waals surface area (Å²) in [5, 5.41) is 22.0. The topological polar surface area (TPSA) is 85.4 Å². The minimum Gasteiger partial charge on any atom is -0.368 e. The van der Waals surface area contributed by atoms with Crippen LogP contribution in [0.3, 0.4) is 0 Å². The summed E-state index contributed by atoms with van der Waals surface area (Å²) in [6, 6.07) is 13.9. The third-order valence-corrected chi connectivity index (χ3v) is 3.87. The lowest BCUT2D eigenvalue weighted by Gasteiger charge is -2.10. The molecule has 0 amide bonds. The average molecular weight is 309 g/mol. The van der Waals surface area contributed by atoms with E-state index in [-0.39, 0.29) is 11.4 Å². The lowest BCUT2D eigenvalue weighted by Crippen LogP contribution is -2.08. The van der Waals surface area contributed by atoms with Gasteiger partial charge in [0.15, 0.2) is 17.2 Å². The molecule has 0 atom stereocenters. The molecule has 0 fully saturated rings. The van der Waals surface area contributed by atoms with Gasteiger partial charge in [0.25, 0.3) is 0 Å². The van der Waals surface area contributed by atoms with Crippen LogP contribution in [0.4, 0.5) is 5.82 Å². The molecule has 1 N–H and O–H groups in total. The van der Waals surface area contributed by atoms with Crippen LogP contribution < -0.4 is 5.32 Å². The maximum absolute atomic E-state index is 9.09. The zero-order valence-electron chi connectivity index (χ0n) is 12.2. The number of nitriles is 2. The fourth-order valence-corrected chi connectivity index (χ4v) is 2.67. The summed E-state index contributed by atoms with van der Waals surface area (Å²) < 4.78 is 0. The fourth-order valence-electron chi connectivity index (χ4n) is 1.76. The lowest BCUT2D eigenvalue weighted by molar-refractivity contribution is 0.932. The van der Waals surface area contributed by atoms with Gasteiger partial charge in [-0.3, -0.25) is 0 Å². The Morgan fingerprint density at radius 1 is 1.09 bits per heavy atom. The van der Waals surface area contributed by atoms with Crippen molar-refractivity contribution in [3.05, 3.63) is 47.3 Å². The van der Waals surface area contributed by atoms with Crippen LogP contribution >= 0.6 is 11.8 Å². The molecule has 1 aromatic heterocycles. The van der Waals surface area contributed by atoms with Crippen molar-refractivity contribution in [3.8, 4) is 12.1 Å². The molecule has 22 heavy (non-hydrogen) atoms. The van der Waals surface area contributed by atoms with Crippen molar-refractivity contribution < 1.29 is 0 Å². The molecule has 0 saturated carbocycles. The second-order valence-electron chi connectivity index (χ2n) is 4.50. The predicted octanol–water partition coefficient (Wildman–Crippen LogP) is 3.33. The van der Waals surface area contributed by atoms with E-state index in [0.717, 1.165) is 18.7 Å². The van der Waals surface area contributed by atoms with Crippen LogP contribution in [0.2, 0.25) is 0 Å². The van der Waals surface area contributed by atoms with Crippen molar-refractivity contribution in [2.24, 2.45) is 0 Å². The normalized spacial score (nSPS) is 9.77. The van der Waals surface area contributed by atoms with Crippen LogP contribution in [0.5, 0.6) is 0 Å². The van der Waals surface area contributed by atoms with E-state index in [0.29, 0.717) is 10.8 Å². The Hall–Kier alpha value is -2.57. The number of benzene rings is 1. The van der Waals surface area contributed by atoms with Gasteiger partial charge in [0.2, 0.25) is 0 Å². The van der Waals surface area contributed by atoms with Crippen LogP contribution in [0.25, 0.3) is 0 Å². The van der Waals surface area contributed by atoms with Crippen LogP contribution in [0.15, 0.2) is 35.4 Å². The van der Waals surface area contributed by atoms with Gasteiger partial charge in [-0.2, -0.15) is 10.5 Å². The van der Waals surface area contributed by atoms with E-state index in [4.69, 9.17) is 10.5 Å². The SMILES string of the molecule is CCCNc1nc(C#N)c(C#N)nc1SCc1ccccc1. The average Bonchev–Trinajstić information content (AvgIpc) is 2.58. The number of thioether (sulfide) groups is 1. The van der Waals surface area contributed by atoms with Crippen molar-refractivity contribution in [1.29, 1.82) is 10.5 Å². The van der Waals surface area contributed by atoms with Gasteiger partial charge in [0, 0.05) is 12.3 Å². The van der Waals surface area contributed by atoms with E-state index in [1.165, 1.54) is 17.3 Å². The Bertz CT molecular complexity index is 716. The van der Waals surface area contributed by atoms with Crippen LogP contribution in [-0.4, -0.2) is 16.5 Å². The molecule has 0 radical (unpaired) electrons. The van der Waals surface area contributed by atoms with E-state index in [2.05, 4.69) is 15.3 Å². The number of hydrogen-bond acceptors (Lipinski definition) is 6. The van der Waals surface area contributed by atoms with Crippen LogP contribution in [0, 0.1) is 22.7 Å². The third-order valence-electron chi connectivity index (χ3n) is 2.84. The molecule has 1 heterocycles. The maximum Gasteiger partial charge on any atom is 0.179 e. The van der Waals surface area contributed by atoms with Gasteiger partial charge in [-0.25, -0.2) is 9.97 Å². The molecular formula is C16H15N5S. The van der Waals surface area contributed by atoms with Gasteiger partial charge < -0.3 is 5.32 Å². The molecule has 0 spiro atoms. The summed E-state index contributed by atoms with van der Waals surface area (Å²) in [6.45, 7) is 2.79. The summed E-state index contributed by atoms with van der Waals surface area (Å²) in [4.78, 5) is 8.52. The number of anilines is 1. The van der Waals surface area contributed by atoms with Crippen molar-refractivity contribution in [2.45, 2.75) is 24.1 Å². The second kappa shape index (κ2) is 8.02. The molecule has 0 bridgehead atoms. The highest BCUT2D eigenvalue weighted by atomic mass is 32.2. The smallest absolute Gasteiger partial charge is 0.179 e. The molecule has 0 aliphatic heterocycles. The van der Waals surface area contributed by atoms with Crippen LogP contribution in [0.1, 0.15) is 30.3 Å². The van der Waals surface area contributed by atoms with E-state index in [9.17, 15) is 0 Å². The van der Waals surface area contributed by atoms with E-state index < -0.39 is 0 Å². The summed E-state index contributed by atoms with van der Waals surface area (Å²) in [5.41, 5.74) is 1.30. The molecule has 2 rings (SSSR count). The largest absolute Gasteiger partial charge is 0.368 e. The summed E-state index contributed by atoms with van der Waals surface area (Å²) in [7, 11) is 0. The summed E-state index contributed by atoms with van der Waals surface area (Å²) in [5.74, 6) is 1.30. The quantitative estimate of drug-likeness (QED) is 0.824. The number of aromatic nitrogens is 2. The molecule has 0 saturated heterocycles. The van der Waals surface area contributed by atoms with Crippen LogP contribution in [-0.2, 0) is 5.75 Å². The van der Waals surface area contributed by atoms with Crippen molar-refractivity contribution in [2.75, 3.05) is 11.9 Å². The Kier molecular flexibility index (Phi) is 5.76.